The molecule has 1 heterocycles. The molecule has 1 atom stereocenters. The first-order valence-corrected chi connectivity index (χ1v) is 9.90. The number of rotatable bonds is 9. The summed E-state index contributed by atoms with van der Waals surface area (Å²) < 4.78 is 24.3. The van der Waals surface area contributed by atoms with E-state index in [0.29, 0.717) is 23.6 Å². The summed E-state index contributed by atoms with van der Waals surface area (Å²) in [6.45, 7) is 1.41. The van der Waals surface area contributed by atoms with E-state index in [2.05, 4.69) is 22.6 Å². The fraction of sp³-hybridized carbons (Fsp3) is 0.208. The van der Waals surface area contributed by atoms with Gasteiger partial charge in [0.2, 0.25) is 0 Å². The van der Waals surface area contributed by atoms with Crippen molar-refractivity contribution in [1.82, 2.24) is 10.5 Å². The Morgan fingerprint density at radius 2 is 1.90 bits per heavy atom. The lowest BCUT2D eigenvalue weighted by molar-refractivity contribution is 0.106. The molecule has 0 bridgehead atoms. The second-order valence-corrected chi connectivity index (χ2v) is 7.10. The number of aliphatic hydroxyl groups excluding tert-OH is 1. The maximum atomic E-state index is 13.3. The second kappa shape index (κ2) is 9.52. The summed E-state index contributed by atoms with van der Waals surface area (Å²) in [4.78, 5) is 0. The Balaban J connectivity index is 1.30. The van der Waals surface area contributed by atoms with Crippen LogP contribution in [0.4, 0.5) is 4.39 Å². The largest absolute Gasteiger partial charge is 0.491 e. The molecule has 1 unspecified atom stereocenters. The van der Waals surface area contributed by atoms with Gasteiger partial charge in [-0.3, -0.25) is 0 Å². The van der Waals surface area contributed by atoms with Gasteiger partial charge in [-0.05, 0) is 42.8 Å². The van der Waals surface area contributed by atoms with E-state index >= 15 is 0 Å². The van der Waals surface area contributed by atoms with Crippen molar-refractivity contribution in [3.8, 4) is 17.0 Å². The molecule has 4 aromatic rings. The number of ether oxygens (including phenoxy) is 1. The van der Waals surface area contributed by atoms with Crippen LogP contribution in [0.25, 0.3) is 22.2 Å². The maximum Gasteiger partial charge on any atom is 0.170 e. The van der Waals surface area contributed by atoms with Crippen LogP contribution in [-0.2, 0) is 6.42 Å². The highest BCUT2D eigenvalue weighted by Crippen LogP contribution is 2.30. The van der Waals surface area contributed by atoms with Crippen LogP contribution in [0.5, 0.6) is 5.75 Å². The van der Waals surface area contributed by atoms with Gasteiger partial charge in [-0.2, -0.15) is 0 Å². The van der Waals surface area contributed by atoms with Gasteiger partial charge >= 0.3 is 0 Å². The first-order chi connectivity index (χ1) is 14.7. The van der Waals surface area contributed by atoms with Crippen molar-refractivity contribution >= 4 is 11.0 Å². The third-order valence-electron chi connectivity index (χ3n) is 4.80. The van der Waals surface area contributed by atoms with Crippen molar-refractivity contribution in [2.45, 2.75) is 12.5 Å². The van der Waals surface area contributed by atoms with Gasteiger partial charge in [0.25, 0.3) is 0 Å². The number of hydrogen-bond donors (Lipinski definition) is 2. The van der Waals surface area contributed by atoms with Crippen molar-refractivity contribution in [3.63, 3.8) is 0 Å². The van der Waals surface area contributed by atoms with Crippen molar-refractivity contribution in [2.24, 2.45) is 0 Å². The number of hydrogen-bond acceptors (Lipinski definition) is 5. The van der Waals surface area contributed by atoms with Gasteiger partial charge in [0.1, 0.15) is 30.0 Å². The standard InChI is InChI=1S/C24H23FN2O3/c25-19-9-10-22-23(14-19)30-27-24(22)18-7-4-8-21(13-18)29-16-20(28)15-26-12-11-17-5-2-1-3-6-17/h1-10,13-14,20,26,28H,11-12,15-16H2. The molecule has 6 heteroatoms. The lowest BCUT2D eigenvalue weighted by atomic mass is 10.1. The minimum atomic E-state index is -0.625. The topological polar surface area (TPSA) is 67.5 Å². The van der Waals surface area contributed by atoms with Crippen LogP contribution in [0.3, 0.4) is 0 Å². The fourth-order valence-corrected chi connectivity index (χ4v) is 3.25. The molecule has 0 aliphatic carbocycles. The van der Waals surface area contributed by atoms with Crippen molar-refractivity contribution in [3.05, 3.63) is 84.2 Å². The second-order valence-electron chi connectivity index (χ2n) is 7.10. The summed E-state index contributed by atoms with van der Waals surface area (Å²) in [5, 5.41) is 18.2. The van der Waals surface area contributed by atoms with E-state index in [0.717, 1.165) is 23.9 Å². The number of aliphatic hydroxyl groups is 1. The Kier molecular flexibility index (Phi) is 6.37. The van der Waals surface area contributed by atoms with Gasteiger partial charge in [0.05, 0.1) is 0 Å². The van der Waals surface area contributed by atoms with Crippen molar-refractivity contribution in [2.75, 3.05) is 19.7 Å². The Hall–Kier alpha value is -3.22. The summed E-state index contributed by atoms with van der Waals surface area (Å²) >= 11 is 0. The smallest absolute Gasteiger partial charge is 0.170 e. The molecule has 154 valence electrons. The molecule has 0 saturated carbocycles. The van der Waals surface area contributed by atoms with Crippen LogP contribution in [0.15, 0.2) is 77.3 Å². The predicted molar refractivity (Wildman–Crippen MR) is 114 cm³/mol. The Labute approximate surface area is 174 Å². The summed E-state index contributed by atoms with van der Waals surface area (Å²) in [6, 6.07) is 21.9. The lowest BCUT2D eigenvalue weighted by Gasteiger charge is -2.14. The minimum Gasteiger partial charge on any atom is -0.491 e. The van der Waals surface area contributed by atoms with Gasteiger partial charge in [-0.25, -0.2) is 4.39 Å². The van der Waals surface area contributed by atoms with Crippen LogP contribution >= 0.6 is 0 Å². The molecule has 5 nitrogen and oxygen atoms in total. The highest BCUT2D eigenvalue weighted by atomic mass is 19.1. The van der Waals surface area contributed by atoms with Crippen molar-refractivity contribution in [1.29, 1.82) is 0 Å². The van der Waals surface area contributed by atoms with E-state index in [1.165, 1.54) is 17.7 Å². The summed E-state index contributed by atoms with van der Waals surface area (Å²) in [7, 11) is 0. The molecule has 0 aliphatic rings. The Bertz CT molecular complexity index is 1100. The molecular formula is C24H23FN2O3. The number of nitrogens with one attached hydrogen (secondary N) is 1. The Morgan fingerprint density at radius 3 is 2.77 bits per heavy atom. The molecule has 0 amide bonds. The van der Waals surface area contributed by atoms with Gasteiger partial charge in [-0.1, -0.05) is 47.6 Å². The molecule has 2 N–H and O–H groups in total. The van der Waals surface area contributed by atoms with Gasteiger partial charge in [0.15, 0.2) is 5.58 Å². The summed E-state index contributed by atoms with van der Waals surface area (Å²) in [6.07, 6.45) is 0.284. The number of benzene rings is 3. The third kappa shape index (κ3) is 5.03. The van der Waals surface area contributed by atoms with E-state index in [1.807, 2.05) is 42.5 Å². The highest BCUT2D eigenvalue weighted by Gasteiger charge is 2.12. The van der Waals surface area contributed by atoms with Crippen LogP contribution in [0.1, 0.15) is 5.56 Å². The van der Waals surface area contributed by atoms with Crippen LogP contribution in [0, 0.1) is 5.82 Å². The first kappa shape index (κ1) is 20.1. The molecule has 3 aromatic carbocycles. The SMILES string of the molecule is OC(CNCCc1ccccc1)COc1cccc(-c2noc3cc(F)ccc23)c1. The van der Waals surface area contributed by atoms with Crippen molar-refractivity contribution < 1.29 is 18.8 Å². The monoisotopic (exact) mass is 406 g/mol. The van der Waals surface area contributed by atoms with Crippen LogP contribution in [0.2, 0.25) is 0 Å². The van der Waals surface area contributed by atoms with E-state index in [1.54, 1.807) is 6.07 Å². The minimum absolute atomic E-state index is 0.173. The maximum absolute atomic E-state index is 13.3. The number of aromatic nitrogens is 1. The zero-order chi connectivity index (χ0) is 20.8. The zero-order valence-corrected chi connectivity index (χ0v) is 16.4. The predicted octanol–water partition coefficient (Wildman–Crippen LogP) is 4.21. The Morgan fingerprint density at radius 1 is 1.03 bits per heavy atom. The van der Waals surface area contributed by atoms with Crippen LogP contribution in [-0.4, -0.2) is 36.1 Å². The first-order valence-electron chi connectivity index (χ1n) is 9.90. The van der Waals surface area contributed by atoms with E-state index in [4.69, 9.17) is 9.26 Å². The molecule has 0 spiro atoms. The van der Waals surface area contributed by atoms with Gasteiger partial charge in [-0.15, -0.1) is 0 Å². The molecule has 4 rings (SSSR count). The van der Waals surface area contributed by atoms with E-state index < -0.39 is 6.10 Å². The average molecular weight is 406 g/mol. The highest BCUT2D eigenvalue weighted by molar-refractivity contribution is 5.91. The average Bonchev–Trinajstić information content (AvgIpc) is 3.19. The summed E-state index contributed by atoms with van der Waals surface area (Å²) in [5.41, 5.74) is 3.08. The molecule has 0 saturated heterocycles. The lowest BCUT2D eigenvalue weighted by Crippen LogP contribution is -2.32. The van der Waals surface area contributed by atoms with Gasteiger partial charge < -0.3 is 19.7 Å². The number of fused-ring (bicyclic) bond motifs is 1. The fourth-order valence-electron chi connectivity index (χ4n) is 3.25. The molecular weight excluding hydrogens is 383 g/mol. The number of nitrogens with zero attached hydrogens (tertiary/aromatic N) is 1. The molecule has 0 aliphatic heterocycles. The molecule has 0 fully saturated rings. The van der Waals surface area contributed by atoms with E-state index in [9.17, 15) is 9.50 Å². The van der Waals surface area contributed by atoms with Crippen LogP contribution < -0.4 is 10.1 Å². The normalized spacial score (nSPS) is 12.2. The third-order valence-corrected chi connectivity index (χ3v) is 4.80. The quantitative estimate of drug-likeness (QED) is 0.408. The summed E-state index contributed by atoms with van der Waals surface area (Å²) in [5.74, 6) is 0.253. The molecule has 0 radical (unpaired) electrons. The zero-order valence-electron chi connectivity index (χ0n) is 16.4. The molecule has 30 heavy (non-hydrogen) atoms. The van der Waals surface area contributed by atoms with Gasteiger partial charge in [0, 0.05) is 23.6 Å². The molecule has 1 aromatic heterocycles. The number of halogens is 1. The van der Waals surface area contributed by atoms with E-state index in [-0.39, 0.29) is 12.4 Å².